The van der Waals surface area contributed by atoms with Gasteiger partial charge in [0.1, 0.15) is 5.69 Å². The highest BCUT2D eigenvalue weighted by Gasteiger charge is 2.06. The molecule has 19 heavy (non-hydrogen) atoms. The Morgan fingerprint density at radius 1 is 1.32 bits per heavy atom. The number of benzene rings is 1. The predicted octanol–water partition coefficient (Wildman–Crippen LogP) is 1.64. The lowest BCUT2D eigenvalue weighted by Gasteiger charge is -2.11. The average Bonchev–Trinajstić information content (AvgIpc) is 2.47. The number of pyridine rings is 1. The maximum Gasteiger partial charge on any atom is 0.269 e. The lowest BCUT2D eigenvalue weighted by atomic mass is 10.1. The van der Waals surface area contributed by atoms with Crippen LogP contribution in [0.3, 0.4) is 0 Å². The molecule has 2 aromatic rings. The summed E-state index contributed by atoms with van der Waals surface area (Å²) in [4.78, 5) is 15.5. The third-order valence-corrected chi connectivity index (χ3v) is 2.74. The molecule has 0 aliphatic carbocycles. The first-order valence-corrected chi connectivity index (χ1v) is 5.97. The summed E-state index contributed by atoms with van der Waals surface area (Å²) in [6, 6.07) is 11.3. The quantitative estimate of drug-likeness (QED) is 0.777. The summed E-state index contributed by atoms with van der Waals surface area (Å²) in [5.74, 6) is -0.212. The van der Waals surface area contributed by atoms with Crippen LogP contribution >= 0.6 is 0 Å². The highest BCUT2D eigenvalue weighted by atomic mass is 16.1. The van der Waals surface area contributed by atoms with Crippen LogP contribution in [0.5, 0.6) is 0 Å². The van der Waals surface area contributed by atoms with E-state index in [9.17, 15) is 4.79 Å². The first kappa shape index (κ1) is 13.0. The standard InChI is InChI=1S/C14H16N4O/c1-16-14(19)13-8-11(6-7-17-13)18-12-5-3-2-4-10(12)9-15/h2-8H,9,15H2,1H3,(H,16,19)(H,17,18). The molecule has 0 saturated carbocycles. The topological polar surface area (TPSA) is 80.0 Å². The number of para-hydroxylation sites is 1. The SMILES string of the molecule is CNC(=O)c1cc(Nc2ccccc2CN)ccn1. The van der Waals surface area contributed by atoms with Crippen LogP contribution in [0.4, 0.5) is 11.4 Å². The predicted molar refractivity (Wildman–Crippen MR) is 75.2 cm³/mol. The third-order valence-electron chi connectivity index (χ3n) is 2.74. The number of hydrogen-bond donors (Lipinski definition) is 3. The minimum absolute atomic E-state index is 0.212. The molecule has 0 fully saturated rings. The van der Waals surface area contributed by atoms with E-state index < -0.39 is 0 Å². The summed E-state index contributed by atoms with van der Waals surface area (Å²) >= 11 is 0. The molecule has 2 rings (SSSR count). The molecule has 0 aliphatic rings. The van der Waals surface area contributed by atoms with Crippen LogP contribution in [0, 0.1) is 0 Å². The third kappa shape index (κ3) is 3.08. The van der Waals surface area contributed by atoms with E-state index in [-0.39, 0.29) is 5.91 Å². The zero-order chi connectivity index (χ0) is 13.7. The molecule has 0 bridgehead atoms. The zero-order valence-electron chi connectivity index (χ0n) is 10.7. The number of aromatic nitrogens is 1. The Bertz CT molecular complexity index is 583. The van der Waals surface area contributed by atoms with Gasteiger partial charge in [0.25, 0.3) is 5.91 Å². The fraction of sp³-hybridized carbons (Fsp3) is 0.143. The van der Waals surface area contributed by atoms with Crippen molar-refractivity contribution in [1.82, 2.24) is 10.3 Å². The van der Waals surface area contributed by atoms with Crippen LogP contribution in [0.25, 0.3) is 0 Å². The zero-order valence-corrected chi connectivity index (χ0v) is 10.7. The van der Waals surface area contributed by atoms with Gasteiger partial charge in [-0.3, -0.25) is 9.78 Å². The molecule has 0 aliphatic heterocycles. The Balaban J connectivity index is 2.26. The fourth-order valence-corrected chi connectivity index (χ4v) is 1.74. The van der Waals surface area contributed by atoms with E-state index in [4.69, 9.17) is 5.73 Å². The maximum atomic E-state index is 11.5. The van der Waals surface area contributed by atoms with Gasteiger partial charge in [-0.05, 0) is 23.8 Å². The molecule has 5 nitrogen and oxygen atoms in total. The number of hydrogen-bond acceptors (Lipinski definition) is 4. The first-order chi connectivity index (χ1) is 9.24. The number of carbonyl (C=O) groups excluding carboxylic acids is 1. The van der Waals surface area contributed by atoms with Crippen LogP contribution in [-0.4, -0.2) is 17.9 Å². The van der Waals surface area contributed by atoms with Gasteiger partial charge in [0.15, 0.2) is 0 Å². The molecular weight excluding hydrogens is 240 g/mol. The highest BCUT2D eigenvalue weighted by molar-refractivity contribution is 5.93. The molecule has 98 valence electrons. The monoisotopic (exact) mass is 256 g/mol. The lowest BCUT2D eigenvalue weighted by Crippen LogP contribution is -2.19. The van der Waals surface area contributed by atoms with E-state index in [1.165, 1.54) is 0 Å². The molecule has 0 saturated heterocycles. The number of rotatable bonds is 4. The van der Waals surface area contributed by atoms with Crippen molar-refractivity contribution in [1.29, 1.82) is 0 Å². The van der Waals surface area contributed by atoms with Crippen LogP contribution in [0.1, 0.15) is 16.1 Å². The van der Waals surface area contributed by atoms with Crippen LogP contribution < -0.4 is 16.4 Å². The Hall–Kier alpha value is -2.40. The van der Waals surface area contributed by atoms with Crippen molar-refractivity contribution in [2.75, 3.05) is 12.4 Å². The number of anilines is 2. The lowest BCUT2D eigenvalue weighted by molar-refractivity contribution is 0.0958. The minimum Gasteiger partial charge on any atom is -0.355 e. The van der Waals surface area contributed by atoms with Crippen molar-refractivity contribution in [3.63, 3.8) is 0 Å². The normalized spacial score (nSPS) is 10.0. The second-order valence-corrected chi connectivity index (χ2v) is 4.00. The number of nitrogens with one attached hydrogen (secondary N) is 2. The number of amides is 1. The Morgan fingerprint density at radius 2 is 2.11 bits per heavy atom. The summed E-state index contributed by atoms with van der Waals surface area (Å²) in [5, 5.41) is 5.79. The van der Waals surface area contributed by atoms with E-state index in [2.05, 4.69) is 15.6 Å². The fourth-order valence-electron chi connectivity index (χ4n) is 1.74. The van der Waals surface area contributed by atoms with Crippen molar-refractivity contribution in [3.8, 4) is 0 Å². The van der Waals surface area contributed by atoms with Crippen molar-refractivity contribution >= 4 is 17.3 Å². The molecule has 0 spiro atoms. The summed E-state index contributed by atoms with van der Waals surface area (Å²) < 4.78 is 0. The Morgan fingerprint density at radius 3 is 2.84 bits per heavy atom. The van der Waals surface area contributed by atoms with Gasteiger partial charge in [-0.25, -0.2) is 0 Å². The van der Waals surface area contributed by atoms with Gasteiger partial charge in [0, 0.05) is 31.2 Å². The van der Waals surface area contributed by atoms with Gasteiger partial charge < -0.3 is 16.4 Å². The smallest absolute Gasteiger partial charge is 0.269 e. The molecule has 1 heterocycles. The summed E-state index contributed by atoms with van der Waals surface area (Å²) in [7, 11) is 1.58. The van der Waals surface area contributed by atoms with E-state index in [0.717, 1.165) is 16.9 Å². The molecule has 4 N–H and O–H groups in total. The van der Waals surface area contributed by atoms with Gasteiger partial charge in [-0.15, -0.1) is 0 Å². The van der Waals surface area contributed by atoms with E-state index in [0.29, 0.717) is 12.2 Å². The van der Waals surface area contributed by atoms with Gasteiger partial charge in [-0.1, -0.05) is 18.2 Å². The van der Waals surface area contributed by atoms with Crippen LogP contribution in [0.2, 0.25) is 0 Å². The summed E-state index contributed by atoms with van der Waals surface area (Å²) in [6.45, 7) is 0.455. The van der Waals surface area contributed by atoms with Crippen molar-refractivity contribution in [2.45, 2.75) is 6.54 Å². The largest absolute Gasteiger partial charge is 0.355 e. The van der Waals surface area contributed by atoms with Gasteiger partial charge in [0.2, 0.25) is 0 Å². The minimum atomic E-state index is -0.212. The molecule has 1 aromatic carbocycles. The van der Waals surface area contributed by atoms with Crippen molar-refractivity contribution in [2.24, 2.45) is 5.73 Å². The van der Waals surface area contributed by atoms with Crippen LogP contribution in [0.15, 0.2) is 42.6 Å². The Kier molecular flexibility index (Phi) is 4.10. The molecule has 0 unspecified atom stereocenters. The first-order valence-electron chi connectivity index (χ1n) is 5.97. The number of nitrogens with zero attached hydrogens (tertiary/aromatic N) is 1. The van der Waals surface area contributed by atoms with Gasteiger partial charge >= 0.3 is 0 Å². The van der Waals surface area contributed by atoms with E-state index in [1.807, 2.05) is 24.3 Å². The van der Waals surface area contributed by atoms with Gasteiger partial charge in [-0.2, -0.15) is 0 Å². The second-order valence-electron chi connectivity index (χ2n) is 4.00. The summed E-state index contributed by atoms with van der Waals surface area (Å²) in [5.41, 5.74) is 8.81. The van der Waals surface area contributed by atoms with Crippen molar-refractivity contribution < 1.29 is 4.79 Å². The Labute approximate surface area is 111 Å². The van der Waals surface area contributed by atoms with E-state index >= 15 is 0 Å². The summed E-state index contributed by atoms with van der Waals surface area (Å²) in [6.07, 6.45) is 1.60. The molecule has 0 atom stereocenters. The number of carbonyl (C=O) groups is 1. The number of nitrogens with two attached hydrogens (primary N) is 1. The molecular formula is C14H16N4O. The molecule has 1 aromatic heterocycles. The maximum absolute atomic E-state index is 11.5. The molecule has 0 radical (unpaired) electrons. The van der Waals surface area contributed by atoms with Crippen LogP contribution in [-0.2, 0) is 6.54 Å². The average molecular weight is 256 g/mol. The molecule has 1 amide bonds. The van der Waals surface area contributed by atoms with Gasteiger partial charge in [0.05, 0.1) is 0 Å². The van der Waals surface area contributed by atoms with Crippen molar-refractivity contribution in [3.05, 3.63) is 53.9 Å². The van der Waals surface area contributed by atoms with E-state index in [1.54, 1.807) is 25.4 Å². The second kappa shape index (κ2) is 5.97. The molecule has 5 heteroatoms. The highest BCUT2D eigenvalue weighted by Crippen LogP contribution is 2.20.